The molecule has 3 N–H and O–H groups in total. The van der Waals surface area contributed by atoms with Gasteiger partial charge in [-0.1, -0.05) is 47.5 Å². The second-order valence-electron chi connectivity index (χ2n) is 7.60. The predicted octanol–water partition coefficient (Wildman–Crippen LogP) is 4.06. The second kappa shape index (κ2) is 7.61. The van der Waals surface area contributed by atoms with Crippen LogP contribution in [0.1, 0.15) is 40.5 Å². The Morgan fingerprint density at radius 2 is 1.83 bits per heavy atom. The number of amides is 1. The summed E-state index contributed by atoms with van der Waals surface area (Å²) >= 11 is 12.3. The fourth-order valence-electron chi connectivity index (χ4n) is 3.82. The average Bonchev–Trinajstić information content (AvgIpc) is 3.48. The van der Waals surface area contributed by atoms with Crippen LogP contribution in [-0.4, -0.2) is 33.3 Å². The van der Waals surface area contributed by atoms with Gasteiger partial charge >= 0.3 is 5.97 Å². The molecule has 1 amide bonds. The number of carbonyl (C=O) groups excluding carboxylic acids is 1. The van der Waals surface area contributed by atoms with Gasteiger partial charge < -0.3 is 20.1 Å². The molecule has 1 heterocycles. The maximum atomic E-state index is 12.9. The molecule has 0 saturated heterocycles. The van der Waals surface area contributed by atoms with Gasteiger partial charge in [-0.15, -0.1) is 0 Å². The maximum absolute atomic E-state index is 12.9. The number of rotatable bonds is 6. The lowest BCUT2D eigenvalue weighted by molar-refractivity contribution is -0.140. The lowest BCUT2D eigenvalue weighted by atomic mass is 9.94. The third-order valence-electron chi connectivity index (χ3n) is 5.86. The first-order valence-electron chi connectivity index (χ1n) is 9.47. The first-order valence-corrected chi connectivity index (χ1v) is 10.2. The molecule has 0 spiro atoms. The van der Waals surface area contributed by atoms with Gasteiger partial charge in [-0.25, -0.2) is 0 Å². The van der Waals surface area contributed by atoms with Gasteiger partial charge in [0.05, 0.1) is 28.1 Å². The molecule has 1 aliphatic rings. The van der Waals surface area contributed by atoms with Gasteiger partial charge in [-0.05, 0) is 42.2 Å². The number of aryl methyl sites for hydroxylation is 1. The van der Waals surface area contributed by atoms with Crippen LogP contribution in [0, 0.1) is 0 Å². The Kier molecular flexibility index (Phi) is 5.26. The minimum absolute atomic E-state index is 0.300. The minimum atomic E-state index is -0.822. The fraction of sp³-hybridized carbons (Fsp3) is 0.273. The van der Waals surface area contributed by atoms with E-state index in [2.05, 4.69) is 5.32 Å². The maximum Gasteiger partial charge on any atom is 0.314 e. The molecule has 0 unspecified atom stereocenters. The number of aliphatic hydroxyl groups excluding tert-OH is 1. The van der Waals surface area contributed by atoms with Crippen LogP contribution < -0.4 is 5.32 Å². The molecule has 0 aliphatic heterocycles. The molecule has 0 radical (unpaired) electrons. The molecule has 1 aliphatic carbocycles. The highest BCUT2D eigenvalue weighted by Crippen LogP contribution is 2.48. The zero-order chi connectivity index (χ0) is 21.6. The summed E-state index contributed by atoms with van der Waals surface area (Å²) < 4.78 is 1.72. The van der Waals surface area contributed by atoms with Crippen LogP contribution in [0.15, 0.2) is 42.5 Å². The van der Waals surface area contributed by atoms with Crippen LogP contribution >= 0.6 is 23.2 Å². The third-order valence-corrected chi connectivity index (χ3v) is 6.68. The molecule has 1 aromatic heterocycles. The number of aliphatic carboxylic acids is 1. The number of aliphatic hydroxyl groups is 1. The van der Waals surface area contributed by atoms with E-state index in [1.807, 2.05) is 0 Å². The first-order chi connectivity index (χ1) is 14.3. The SMILES string of the molecule is Cn1c(C(=O)N[C@H](CO)c2ccc(C3(C(=O)O)CC3)cc2)cc2c(Cl)c(Cl)ccc21. The Morgan fingerprint density at radius 3 is 2.40 bits per heavy atom. The van der Waals surface area contributed by atoms with E-state index in [9.17, 15) is 19.8 Å². The predicted molar refractivity (Wildman–Crippen MR) is 115 cm³/mol. The summed E-state index contributed by atoms with van der Waals surface area (Å²) in [5.74, 6) is -1.19. The van der Waals surface area contributed by atoms with E-state index in [4.69, 9.17) is 23.2 Å². The topological polar surface area (TPSA) is 91.6 Å². The molecule has 1 atom stereocenters. The summed E-state index contributed by atoms with van der Waals surface area (Å²) in [7, 11) is 1.76. The summed E-state index contributed by atoms with van der Waals surface area (Å²) in [6.07, 6.45) is 1.24. The molecule has 8 heteroatoms. The van der Waals surface area contributed by atoms with Crippen LogP contribution in [0.2, 0.25) is 10.0 Å². The van der Waals surface area contributed by atoms with E-state index in [0.717, 1.165) is 11.1 Å². The number of hydrogen-bond acceptors (Lipinski definition) is 3. The van der Waals surface area contributed by atoms with Crippen LogP contribution in [0.25, 0.3) is 10.9 Å². The van der Waals surface area contributed by atoms with Crippen LogP contribution in [-0.2, 0) is 17.3 Å². The number of halogens is 2. The van der Waals surface area contributed by atoms with Crippen molar-refractivity contribution in [2.45, 2.75) is 24.3 Å². The highest BCUT2D eigenvalue weighted by atomic mass is 35.5. The number of carbonyl (C=O) groups is 2. The molecule has 2 aromatic carbocycles. The standard InChI is InChI=1S/C22H20Cl2N2O4/c1-26-17-7-6-15(23)19(24)14(17)10-18(26)20(28)25-16(11-27)12-2-4-13(5-3-12)22(8-9-22)21(29)30/h2-7,10,16,27H,8-9,11H2,1H3,(H,25,28)(H,29,30)/t16-/m1/s1. The van der Waals surface area contributed by atoms with Crippen molar-refractivity contribution >= 4 is 46.0 Å². The summed E-state index contributed by atoms with van der Waals surface area (Å²) in [6, 6.07) is 11.5. The first kappa shape index (κ1) is 20.7. The Hall–Kier alpha value is -2.54. The second-order valence-corrected chi connectivity index (χ2v) is 8.39. The third kappa shape index (κ3) is 3.35. The van der Waals surface area contributed by atoms with Crippen molar-refractivity contribution in [2.24, 2.45) is 7.05 Å². The lowest BCUT2D eigenvalue weighted by Gasteiger charge is -2.18. The van der Waals surface area contributed by atoms with Gasteiger partial charge in [-0.3, -0.25) is 9.59 Å². The van der Waals surface area contributed by atoms with Crippen molar-refractivity contribution in [3.05, 3.63) is 69.3 Å². The van der Waals surface area contributed by atoms with Crippen molar-refractivity contribution in [1.29, 1.82) is 0 Å². The van der Waals surface area contributed by atoms with Crippen molar-refractivity contribution < 1.29 is 19.8 Å². The van der Waals surface area contributed by atoms with Crippen LogP contribution in [0.5, 0.6) is 0 Å². The van der Waals surface area contributed by atoms with E-state index >= 15 is 0 Å². The summed E-state index contributed by atoms with van der Waals surface area (Å²) in [5.41, 5.74) is 1.78. The van der Waals surface area contributed by atoms with Gasteiger partial charge in [-0.2, -0.15) is 0 Å². The van der Waals surface area contributed by atoms with Gasteiger partial charge in [0, 0.05) is 18.0 Å². The van der Waals surface area contributed by atoms with Gasteiger partial charge in [0.1, 0.15) is 5.69 Å². The molecular weight excluding hydrogens is 427 g/mol. The van der Waals surface area contributed by atoms with E-state index in [1.165, 1.54) is 0 Å². The molecule has 0 bridgehead atoms. The molecular formula is C22H20Cl2N2O4. The smallest absolute Gasteiger partial charge is 0.314 e. The molecule has 30 heavy (non-hydrogen) atoms. The zero-order valence-electron chi connectivity index (χ0n) is 16.2. The van der Waals surface area contributed by atoms with Crippen LogP contribution in [0.4, 0.5) is 0 Å². The summed E-state index contributed by atoms with van der Waals surface area (Å²) in [6.45, 7) is -0.300. The van der Waals surface area contributed by atoms with Crippen molar-refractivity contribution in [2.75, 3.05) is 6.61 Å². The van der Waals surface area contributed by atoms with Crippen LogP contribution in [0.3, 0.4) is 0 Å². The van der Waals surface area contributed by atoms with E-state index in [1.54, 1.807) is 54.1 Å². The van der Waals surface area contributed by atoms with E-state index in [0.29, 0.717) is 39.5 Å². The molecule has 1 fully saturated rings. The monoisotopic (exact) mass is 446 g/mol. The number of nitrogens with one attached hydrogen (secondary N) is 1. The Balaban J connectivity index is 1.58. The number of benzene rings is 2. The number of carboxylic acids is 1. The number of aromatic nitrogens is 1. The Bertz CT molecular complexity index is 1150. The normalized spacial score (nSPS) is 15.7. The quantitative estimate of drug-likeness (QED) is 0.532. The number of nitrogens with zero attached hydrogens (tertiary/aromatic N) is 1. The van der Waals surface area contributed by atoms with E-state index in [-0.39, 0.29) is 12.5 Å². The highest BCUT2D eigenvalue weighted by molar-refractivity contribution is 6.45. The molecule has 6 nitrogen and oxygen atoms in total. The van der Waals surface area contributed by atoms with Gasteiger partial charge in [0.2, 0.25) is 0 Å². The lowest BCUT2D eigenvalue weighted by Crippen LogP contribution is -2.32. The van der Waals surface area contributed by atoms with Crippen molar-refractivity contribution in [3.8, 4) is 0 Å². The summed E-state index contributed by atoms with van der Waals surface area (Å²) in [4.78, 5) is 24.4. The highest BCUT2D eigenvalue weighted by Gasteiger charge is 2.51. The largest absolute Gasteiger partial charge is 0.481 e. The molecule has 3 aromatic rings. The molecule has 4 rings (SSSR count). The average molecular weight is 447 g/mol. The number of fused-ring (bicyclic) bond motifs is 1. The van der Waals surface area contributed by atoms with Gasteiger partial charge in [0.15, 0.2) is 0 Å². The molecule has 156 valence electrons. The fourth-order valence-corrected chi connectivity index (χ4v) is 4.20. The number of hydrogen-bond donors (Lipinski definition) is 3. The van der Waals surface area contributed by atoms with Gasteiger partial charge in [0.25, 0.3) is 5.91 Å². The summed E-state index contributed by atoms with van der Waals surface area (Å²) in [5, 5.41) is 23.6. The Morgan fingerprint density at radius 1 is 1.17 bits per heavy atom. The van der Waals surface area contributed by atoms with E-state index < -0.39 is 17.4 Å². The Labute approximate surface area is 183 Å². The number of carboxylic acid groups (broad SMARTS) is 1. The zero-order valence-corrected chi connectivity index (χ0v) is 17.7. The van der Waals surface area contributed by atoms with Crippen molar-refractivity contribution in [3.63, 3.8) is 0 Å². The minimum Gasteiger partial charge on any atom is -0.481 e. The molecule has 1 saturated carbocycles. The van der Waals surface area contributed by atoms with Crippen molar-refractivity contribution in [1.82, 2.24) is 9.88 Å².